The summed E-state index contributed by atoms with van der Waals surface area (Å²) in [6.07, 6.45) is 2.55. The molecule has 0 radical (unpaired) electrons. The third kappa shape index (κ3) is 6.06. The van der Waals surface area contributed by atoms with Gasteiger partial charge >= 0.3 is 12.1 Å². The molecule has 0 bridgehead atoms. The van der Waals surface area contributed by atoms with Crippen LogP contribution in [0.4, 0.5) is 36.0 Å². The highest BCUT2D eigenvalue weighted by Gasteiger charge is 2.48. The number of nitrogens with zero attached hydrogens (tertiary/aromatic N) is 6. The molecule has 178 valence electrons. The number of anilines is 3. The fourth-order valence-electron chi connectivity index (χ4n) is 3.11. The summed E-state index contributed by atoms with van der Waals surface area (Å²) in [7, 11) is 1.26. The molecule has 1 saturated heterocycles. The van der Waals surface area contributed by atoms with Crippen LogP contribution in [0, 0.1) is 0 Å². The number of urea groups is 1. The molecular formula is C18H22F2N8O4S. The van der Waals surface area contributed by atoms with Crippen LogP contribution in [-0.4, -0.2) is 75.7 Å². The van der Waals surface area contributed by atoms with Crippen molar-refractivity contribution in [2.75, 3.05) is 42.3 Å². The maximum absolute atomic E-state index is 14.7. The van der Waals surface area contributed by atoms with E-state index in [2.05, 4.69) is 47.7 Å². The monoisotopic (exact) mass is 484 g/mol. The fourth-order valence-corrected chi connectivity index (χ4v) is 3.16. The van der Waals surface area contributed by atoms with Crippen molar-refractivity contribution < 1.29 is 27.3 Å². The average molecular weight is 484 g/mol. The van der Waals surface area contributed by atoms with Gasteiger partial charge in [-0.3, -0.25) is 10.6 Å². The van der Waals surface area contributed by atoms with Crippen LogP contribution in [-0.2, 0) is 4.18 Å². The van der Waals surface area contributed by atoms with Crippen molar-refractivity contribution in [3.63, 3.8) is 0 Å². The summed E-state index contributed by atoms with van der Waals surface area (Å²) >= 11 is 3.39. The Morgan fingerprint density at radius 2 is 2.06 bits per heavy atom. The predicted octanol–water partition coefficient (Wildman–Crippen LogP) is 2.44. The first-order valence-corrected chi connectivity index (χ1v) is 10.2. The van der Waals surface area contributed by atoms with Crippen LogP contribution >= 0.6 is 12.9 Å². The summed E-state index contributed by atoms with van der Waals surface area (Å²) in [5.74, 6) is -2.58. The van der Waals surface area contributed by atoms with E-state index >= 15 is 0 Å². The lowest BCUT2D eigenvalue weighted by Gasteiger charge is -2.42. The third-order valence-corrected chi connectivity index (χ3v) is 4.94. The molecule has 2 aromatic rings. The van der Waals surface area contributed by atoms with E-state index in [1.54, 1.807) is 6.92 Å². The second kappa shape index (κ2) is 10.4. The van der Waals surface area contributed by atoms with E-state index in [1.807, 2.05) is 0 Å². The van der Waals surface area contributed by atoms with E-state index in [0.717, 1.165) is 4.90 Å². The zero-order chi connectivity index (χ0) is 24.0. The fraction of sp³-hybridized carbons (Fsp3) is 0.444. The Morgan fingerprint density at radius 1 is 1.27 bits per heavy atom. The van der Waals surface area contributed by atoms with Gasteiger partial charge in [-0.1, -0.05) is 0 Å². The molecule has 1 aliphatic rings. The quantitative estimate of drug-likeness (QED) is 0.417. The molecule has 3 rings (SSSR count). The highest BCUT2D eigenvalue weighted by atomic mass is 32.1. The molecule has 1 fully saturated rings. The molecule has 2 aromatic heterocycles. The number of thiol groups is 1. The van der Waals surface area contributed by atoms with Gasteiger partial charge in [-0.15, -0.1) is 0 Å². The normalized spacial score (nSPS) is 17.1. The van der Waals surface area contributed by atoms with Gasteiger partial charge in [0.05, 0.1) is 19.0 Å². The Labute approximate surface area is 193 Å². The lowest BCUT2D eigenvalue weighted by molar-refractivity contribution is -0.0760. The van der Waals surface area contributed by atoms with E-state index in [0.29, 0.717) is 6.61 Å². The Kier molecular flexibility index (Phi) is 7.63. The summed E-state index contributed by atoms with van der Waals surface area (Å²) in [5.41, 5.74) is 0. The van der Waals surface area contributed by atoms with Gasteiger partial charge in [0.1, 0.15) is 11.9 Å². The largest absolute Gasteiger partial charge is 0.477 e. The summed E-state index contributed by atoms with van der Waals surface area (Å²) in [6.45, 7) is 1.89. The van der Waals surface area contributed by atoms with Gasteiger partial charge in [-0.05, 0) is 13.0 Å². The topological polar surface area (TPSA) is 135 Å². The minimum Gasteiger partial charge on any atom is -0.477 e. The number of likely N-dealkylation sites (N-methyl/N-ethyl adjacent to an activating group) is 1. The number of carbonyl (C=O) groups excluding carboxylic acids is 2. The maximum atomic E-state index is 14.7. The summed E-state index contributed by atoms with van der Waals surface area (Å²) < 4.78 is 38.8. The lowest BCUT2D eigenvalue weighted by Crippen LogP contribution is -2.60. The molecule has 0 saturated carbocycles. The van der Waals surface area contributed by atoms with Crippen molar-refractivity contribution in [1.29, 1.82) is 0 Å². The van der Waals surface area contributed by atoms with Gasteiger partial charge in [0, 0.05) is 45.7 Å². The number of halogens is 2. The van der Waals surface area contributed by atoms with Gasteiger partial charge < -0.3 is 18.7 Å². The molecule has 1 atom stereocenters. The van der Waals surface area contributed by atoms with E-state index in [-0.39, 0.29) is 36.6 Å². The van der Waals surface area contributed by atoms with E-state index in [4.69, 9.17) is 4.74 Å². The molecule has 3 heterocycles. The van der Waals surface area contributed by atoms with E-state index < -0.39 is 30.5 Å². The number of aromatic nitrogens is 4. The Bertz CT molecular complexity index is 984. The van der Waals surface area contributed by atoms with Gasteiger partial charge in [-0.25, -0.2) is 33.3 Å². The molecule has 33 heavy (non-hydrogen) atoms. The smallest absolute Gasteiger partial charge is 0.424 e. The van der Waals surface area contributed by atoms with Gasteiger partial charge in [0.25, 0.3) is 5.92 Å². The average Bonchev–Trinajstić information content (AvgIpc) is 2.80. The zero-order valence-corrected chi connectivity index (χ0v) is 18.6. The van der Waals surface area contributed by atoms with Crippen LogP contribution < -0.4 is 20.3 Å². The van der Waals surface area contributed by atoms with Crippen LogP contribution in [0.5, 0.6) is 5.88 Å². The second-order valence-corrected chi connectivity index (χ2v) is 7.11. The Morgan fingerprint density at radius 3 is 2.73 bits per heavy atom. The first-order valence-electron chi connectivity index (χ1n) is 9.80. The number of nitrogens with one attached hydrogen (secondary N) is 2. The lowest BCUT2D eigenvalue weighted by atomic mass is 10.00. The second-order valence-electron chi connectivity index (χ2n) is 6.93. The SMILES string of the molecule is CCOc1cnc(NC(=O)N(C)C2CN(c3nccc(NC(=O)OS)n3)CCC2(F)F)cn1. The summed E-state index contributed by atoms with van der Waals surface area (Å²) in [5, 5.41) is 4.76. The van der Waals surface area contributed by atoms with Gasteiger partial charge in [0.2, 0.25) is 11.8 Å². The molecule has 0 spiro atoms. The highest BCUT2D eigenvalue weighted by molar-refractivity contribution is 7.75. The Balaban J connectivity index is 1.71. The first-order chi connectivity index (χ1) is 15.7. The van der Waals surface area contributed by atoms with E-state index in [1.165, 1.54) is 36.6 Å². The zero-order valence-electron chi connectivity index (χ0n) is 17.7. The third-order valence-electron chi connectivity index (χ3n) is 4.78. The molecule has 12 nitrogen and oxygen atoms in total. The van der Waals surface area contributed by atoms with Crippen molar-refractivity contribution in [1.82, 2.24) is 24.8 Å². The minimum atomic E-state index is -3.15. The van der Waals surface area contributed by atoms with Crippen LogP contribution in [0.25, 0.3) is 0 Å². The highest BCUT2D eigenvalue weighted by Crippen LogP contribution is 2.33. The van der Waals surface area contributed by atoms with Crippen LogP contribution in [0.1, 0.15) is 13.3 Å². The predicted molar refractivity (Wildman–Crippen MR) is 117 cm³/mol. The van der Waals surface area contributed by atoms with Crippen molar-refractivity contribution >= 4 is 42.6 Å². The molecule has 0 aromatic carbocycles. The molecule has 1 unspecified atom stereocenters. The summed E-state index contributed by atoms with van der Waals surface area (Å²) in [4.78, 5) is 42.5. The van der Waals surface area contributed by atoms with Crippen LogP contribution in [0.3, 0.4) is 0 Å². The molecule has 15 heteroatoms. The van der Waals surface area contributed by atoms with Crippen LogP contribution in [0.2, 0.25) is 0 Å². The maximum Gasteiger partial charge on any atom is 0.424 e. The number of ether oxygens (including phenoxy) is 1. The number of hydrogen-bond acceptors (Lipinski definition) is 10. The van der Waals surface area contributed by atoms with Crippen LogP contribution in [0.15, 0.2) is 24.7 Å². The number of alkyl halides is 2. The number of amides is 3. The number of hydrogen-bond donors (Lipinski definition) is 3. The van der Waals surface area contributed by atoms with Gasteiger partial charge in [0.15, 0.2) is 5.82 Å². The van der Waals surface area contributed by atoms with Crippen molar-refractivity contribution in [2.45, 2.75) is 25.3 Å². The molecule has 1 aliphatic heterocycles. The summed E-state index contributed by atoms with van der Waals surface area (Å²) in [6, 6.07) is -0.862. The molecule has 3 amide bonds. The van der Waals surface area contributed by atoms with E-state index in [9.17, 15) is 18.4 Å². The van der Waals surface area contributed by atoms with Gasteiger partial charge in [-0.2, -0.15) is 4.98 Å². The molecular weight excluding hydrogens is 462 g/mol. The first kappa shape index (κ1) is 24.2. The van der Waals surface area contributed by atoms with Crippen molar-refractivity contribution in [2.24, 2.45) is 0 Å². The minimum absolute atomic E-state index is 0.0518. The Hall–Kier alpha value is -3.49. The number of carbonyl (C=O) groups is 2. The van der Waals surface area contributed by atoms with Crippen molar-refractivity contribution in [3.8, 4) is 5.88 Å². The molecule has 0 aliphatic carbocycles. The number of piperidine rings is 1. The van der Waals surface area contributed by atoms with Crippen molar-refractivity contribution in [3.05, 3.63) is 24.7 Å². The number of rotatable bonds is 6. The molecule has 2 N–H and O–H groups in total. The standard InChI is InChI=1S/C18H22F2N8O4S/c1-3-31-14-9-22-13(8-23-14)25-16(29)27(2)11-10-28(7-5-18(11,19)20)15-21-6-4-12(24-15)26-17(30)32-33/h4,6,8-9,11,33H,3,5,7,10H2,1-2H3,(H,22,25,29)(H,21,24,26,30).